The van der Waals surface area contributed by atoms with Crippen LogP contribution >= 0.6 is 0 Å². The largest absolute Gasteiger partial charge is 0.354 e. The predicted molar refractivity (Wildman–Crippen MR) is 142 cm³/mol. The smallest absolute Gasteiger partial charge is 0.244 e. The molecule has 1 atom stereocenters. The van der Waals surface area contributed by atoms with E-state index < -0.39 is 28.5 Å². The number of carbonyl (C=O) groups excluding carboxylic acids is 3. The first-order chi connectivity index (χ1) is 16.8. The maximum atomic E-state index is 13.7. The van der Waals surface area contributed by atoms with Gasteiger partial charge in [0.05, 0.1) is 11.9 Å². The van der Waals surface area contributed by atoms with Gasteiger partial charge in [-0.25, -0.2) is 8.42 Å². The normalized spacial score (nSPS) is 12.2. The molecule has 0 radical (unpaired) electrons. The van der Waals surface area contributed by atoms with E-state index in [4.69, 9.17) is 0 Å². The Morgan fingerprint density at radius 2 is 1.67 bits per heavy atom. The molecule has 2 rings (SSSR count). The highest BCUT2D eigenvalue weighted by molar-refractivity contribution is 7.92. The minimum absolute atomic E-state index is 0.151. The van der Waals surface area contributed by atoms with Crippen molar-refractivity contribution in [2.24, 2.45) is 5.92 Å². The second kappa shape index (κ2) is 12.7. The van der Waals surface area contributed by atoms with E-state index in [2.05, 4.69) is 5.32 Å². The van der Waals surface area contributed by atoms with Gasteiger partial charge in [0.2, 0.25) is 21.8 Å². The fourth-order valence-electron chi connectivity index (χ4n) is 3.73. The van der Waals surface area contributed by atoms with Gasteiger partial charge in [-0.2, -0.15) is 0 Å². The molecule has 0 bridgehead atoms. The van der Waals surface area contributed by atoms with Gasteiger partial charge in [-0.05, 0) is 43.9 Å². The number of Topliss-reactive ketones (excluding diaryl/α,β-unsaturated/α-hetero) is 1. The summed E-state index contributed by atoms with van der Waals surface area (Å²) in [5.41, 5.74) is 2.44. The summed E-state index contributed by atoms with van der Waals surface area (Å²) in [6, 6.07) is 13.0. The number of aryl methyl sites for hydroxylation is 1. The molecule has 0 aliphatic rings. The molecule has 1 N–H and O–H groups in total. The number of amides is 2. The summed E-state index contributed by atoms with van der Waals surface area (Å²) in [6.07, 6.45) is 1.37. The van der Waals surface area contributed by atoms with E-state index in [0.717, 1.165) is 21.7 Å². The van der Waals surface area contributed by atoms with E-state index in [9.17, 15) is 22.8 Å². The number of anilines is 1. The van der Waals surface area contributed by atoms with E-state index in [1.54, 1.807) is 12.1 Å². The van der Waals surface area contributed by atoms with Gasteiger partial charge in [0, 0.05) is 18.7 Å². The molecule has 0 saturated heterocycles. The third-order valence-electron chi connectivity index (χ3n) is 5.76. The second-order valence-corrected chi connectivity index (χ2v) is 11.4. The van der Waals surface area contributed by atoms with Crippen molar-refractivity contribution in [1.29, 1.82) is 0 Å². The van der Waals surface area contributed by atoms with Crippen molar-refractivity contribution in [2.75, 3.05) is 23.7 Å². The van der Waals surface area contributed by atoms with Gasteiger partial charge in [0.25, 0.3) is 0 Å². The van der Waals surface area contributed by atoms with Crippen molar-refractivity contribution < 1.29 is 22.8 Å². The van der Waals surface area contributed by atoms with Crippen LogP contribution in [0, 0.1) is 12.8 Å². The maximum absolute atomic E-state index is 13.7. The summed E-state index contributed by atoms with van der Waals surface area (Å²) >= 11 is 0. The van der Waals surface area contributed by atoms with Crippen molar-refractivity contribution in [2.45, 2.75) is 53.6 Å². The van der Waals surface area contributed by atoms with Gasteiger partial charge in [-0.3, -0.25) is 18.7 Å². The number of ketones is 1. The minimum Gasteiger partial charge on any atom is -0.354 e. The van der Waals surface area contributed by atoms with Crippen LogP contribution in [0.5, 0.6) is 0 Å². The van der Waals surface area contributed by atoms with E-state index in [1.807, 2.05) is 52.0 Å². The van der Waals surface area contributed by atoms with Gasteiger partial charge in [0.1, 0.15) is 12.6 Å². The van der Waals surface area contributed by atoms with Crippen LogP contribution < -0.4 is 9.62 Å². The summed E-state index contributed by atoms with van der Waals surface area (Å²) in [5.74, 6) is -0.774. The molecule has 0 aliphatic heterocycles. The standard InChI is InChI=1S/C27H37N3O5S/c1-7-25(27(33)28-16-19(2)3)29(17-22-13-11-20(4)12-14-22)26(32)18-30(36(6,34)35)24-10-8-9-23(15-24)21(5)31/h8-15,19,25H,7,16-18H2,1-6H3,(H,28,33). The van der Waals surface area contributed by atoms with Crippen LogP contribution in [0.15, 0.2) is 48.5 Å². The minimum atomic E-state index is -3.87. The summed E-state index contributed by atoms with van der Waals surface area (Å²) in [7, 11) is -3.87. The Bertz CT molecular complexity index is 1180. The lowest BCUT2D eigenvalue weighted by Crippen LogP contribution is -2.52. The van der Waals surface area contributed by atoms with Crippen LogP contribution in [0.2, 0.25) is 0 Å². The molecule has 0 fully saturated rings. The lowest BCUT2D eigenvalue weighted by molar-refractivity contribution is -0.140. The van der Waals surface area contributed by atoms with Crippen LogP contribution in [-0.4, -0.2) is 56.3 Å². The van der Waals surface area contributed by atoms with Gasteiger partial charge in [-0.15, -0.1) is 0 Å². The van der Waals surface area contributed by atoms with Gasteiger partial charge < -0.3 is 10.2 Å². The molecule has 0 aromatic heterocycles. The molecule has 0 spiro atoms. The van der Waals surface area contributed by atoms with E-state index in [-0.39, 0.29) is 29.8 Å². The highest BCUT2D eigenvalue weighted by Crippen LogP contribution is 2.21. The number of sulfonamides is 1. The van der Waals surface area contributed by atoms with E-state index in [1.165, 1.54) is 24.0 Å². The monoisotopic (exact) mass is 515 g/mol. The molecule has 8 nitrogen and oxygen atoms in total. The molecule has 1 unspecified atom stereocenters. The predicted octanol–water partition coefficient (Wildman–Crippen LogP) is 3.54. The topological polar surface area (TPSA) is 104 Å². The fraction of sp³-hybridized carbons (Fsp3) is 0.444. The first-order valence-corrected chi connectivity index (χ1v) is 13.9. The number of carbonyl (C=O) groups is 3. The molecule has 2 aromatic rings. The number of nitrogens with one attached hydrogen (secondary N) is 1. The summed E-state index contributed by atoms with van der Waals surface area (Å²) in [5, 5.41) is 2.90. The lowest BCUT2D eigenvalue weighted by atomic mass is 10.1. The van der Waals surface area contributed by atoms with Crippen molar-refractivity contribution >= 4 is 33.3 Å². The molecule has 0 aliphatic carbocycles. The van der Waals surface area contributed by atoms with Crippen molar-refractivity contribution in [3.05, 3.63) is 65.2 Å². The number of nitrogens with zero attached hydrogens (tertiary/aromatic N) is 2. The highest BCUT2D eigenvalue weighted by atomic mass is 32.2. The molecule has 0 heterocycles. The zero-order chi connectivity index (χ0) is 27.0. The zero-order valence-electron chi connectivity index (χ0n) is 21.9. The van der Waals surface area contributed by atoms with E-state index in [0.29, 0.717) is 18.5 Å². The molecule has 36 heavy (non-hydrogen) atoms. The first kappa shape index (κ1) is 29.0. The van der Waals surface area contributed by atoms with Gasteiger partial charge in [-0.1, -0.05) is 62.7 Å². The SMILES string of the molecule is CCC(C(=O)NCC(C)C)N(Cc1ccc(C)cc1)C(=O)CN(c1cccc(C(C)=O)c1)S(C)(=O)=O. The molecule has 2 amide bonds. The average molecular weight is 516 g/mol. The Hall–Kier alpha value is -3.20. The fourth-order valence-corrected chi connectivity index (χ4v) is 4.57. The van der Waals surface area contributed by atoms with Crippen LogP contribution in [0.1, 0.15) is 55.6 Å². The average Bonchev–Trinajstić information content (AvgIpc) is 2.81. The maximum Gasteiger partial charge on any atom is 0.244 e. The van der Waals surface area contributed by atoms with Crippen LogP contribution in [0.25, 0.3) is 0 Å². The lowest BCUT2D eigenvalue weighted by Gasteiger charge is -2.33. The van der Waals surface area contributed by atoms with E-state index >= 15 is 0 Å². The molecule has 9 heteroatoms. The third-order valence-corrected chi connectivity index (χ3v) is 6.90. The first-order valence-electron chi connectivity index (χ1n) is 12.0. The highest BCUT2D eigenvalue weighted by Gasteiger charge is 2.31. The summed E-state index contributed by atoms with van der Waals surface area (Å²) in [4.78, 5) is 40.0. The molecular weight excluding hydrogens is 478 g/mol. The number of hydrogen-bond acceptors (Lipinski definition) is 5. The quantitative estimate of drug-likeness (QED) is 0.436. The summed E-state index contributed by atoms with van der Waals surface area (Å²) in [6.45, 7) is 9.25. The third kappa shape index (κ3) is 8.19. The Morgan fingerprint density at radius 3 is 2.19 bits per heavy atom. The Labute approximate surface area is 214 Å². The number of hydrogen-bond donors (Lipinski definition) is 1. The summed E-state index contributed by atoms with van der Waals surface area (Å²) < 4.78 is 26.4. The van der Waals surface area contributed by atoms with Crippen molar-refractivity contribution in [1.82, 2.24) is 10.2 Å². The molecule has 2 aromatic carbocycles. The Kier molecular flexibility index (Phi) is 10.2. The Balaban J connectivity index is 2.45. The second-order valence-electron chi connectivity index (χ2n) is 9.45. The number of rotatable bonds is 12. The van der Waals surface area contributed by atoms with Crippen molar-refractivity contribution in [3.8, 4) is 0 Å². The van der Waals surface area contributed by atoms with Crippen molar-refractivity contribution in [3.63, 3.8) is 0 Å². The molecule has 0 saturated carbocycles. The number of benzene rings is 2. The Morgan fingerprint density at radius 1 is 1.03 bits per heavy atom. The van der Waals surface area contributed by atoms with Crippen LogP contribution in [-0.2, 0) is 26.2 Å². The molecule has 196 valence electrons. The van der Waals surface area contributed by atoms with Crippen LogP contribution in [0.3, 0.4) is 0 Å². The molecular formula is C27H37N3O5S. The zero-order valence-corrected chi connectivity index (χ0v) is 22.8. The van der Waals surface area contributed by atoms with Gasteiger partial charge >= 0.3 is 0 Å². The van der Waals surface area contributed by atoms with Gasteiger partial charge in [0.15, 0.2) is 5.78 Å². The van der Waals surface area contributed by atoms with Crippen LogP contribution in [0.4, 0.5) is 5.69 Å².